The van der Waals surface area contributed by atoms with Gasteiger partial charge in [0.25, 0.3) is 0 Å². The van der Waals surface area contributed by atoms with E-state index in [0.29, 0.717) is 0 Å². The topological polar surface area (TPSA) is 57.5 Å². The SMILES string of the molecule is Cc1ccccc1C(c1ccccc1C)(C(F)(F)F)P(=O)(O)O. The van der Waals surface area contributed by atoms with E-state index in [1.54, 1.807) is 0 Å². The van der Waals surface area contributed by atoms with Gasteiger partial charge in [0.2, 0.25) is 5.16 Å². The Bertz CT molecular complexity index is 720. The molecule has 0 aromatic heterocycles. The normalized spacial score (nSPS) is 13.2. The van der Waals surface area contributed by atoms with Crippen molar-refractivity contribution in [2.45, 2.75) is 25.2 Å². The smallest absolute Gasteiger partial charge is 0.323 e. The molecule has 0 heterocycles. The quantitative estimate of drug-likeness (QED) is 0.817. The molecule has 0 saturated heterocycles. The fourth-order valence-corrected chi connectivity index (χ4v) is 4.35. The Morgan fingerprint density at radius 3 is 1.43 bits per heavy atom. The second-order valence-electron chi connectivity index (χ2n) is 5.38. The molecule has 0 aliphatic rings. The predicted molar refractivity (Wildman–Crippen MR) is 81.2 cm³/mol. The molecule has 2 aromatic carbocycles. The number of alkyl halides is 3. The summed E-state index contributed by atoms with van der Waals surface area (Å²) in [6, 6.07) is 10.8. The minimum atomic E-state index is -5.65. The van der Waals surface area contributed by atoms with Gasteiger partial charge in [-0.2, -0.15) is 13.2 Å². The third kappa shape index (κ3) is 2.71. The standard InChI is InChI=1S/C16H16F3O3P/c1-11-7-3-5-9-13(11)15(16(17,18)19,23(20,21)22)14-10-6-4-8-12(14)2/h3-10H,1-2H3,(H2,20,21,22). The summed E-state index contributed by atoms with van der Waals surface area (Å²) in [5, 5.41) is -3.39. The van der Waals surface area contributed by atoms with Gasteiger partial charge in [0.05, 0.1) is 0 Å². The van der Waals surface area contributed by atoms with Crippen molar-refractivity contribution in [3.8, 4) is 0 Å². The Labute approximate surface area is 131 Å². The molecular weight excluding hydrogens is 328 g/mol. The van der Waals surface area contributed by atoms with Crippen molar-refractivity contribution in [3.05, 3.63) is 70.8 Å². The Morgan fingerprint density at radius 1 is 0.826 bits per heavy atom. The van der Waals surface area contributed by atoms with Gasteiger partial charge in [0.1, 0.15) is 0 Å². The van der Waals surface area contributed by atoms with Crippen LogP contribution < -0.4 is 0 Å². The van der Waals surface area contributed by atoms with Gasteiger partial charge in [-0.3, -0.25) is 4.57 Å². The second-order valence-corrected chi connectivity index (χ2v) is 7.14. The average Bonchev–Trinajstić information content (AvgIpc) is 2.40. The van der Waals surface area contributed by atoms with Gasteiger partial charge >= 0.3 is 13.8 Å². The van der Waals surface area contributed by atoms with Crippen LogP contribution in [0.3, 0.4) is 0 Å². The molecule has 0 aliphatic heterocycles. The van der Waals surface area contributed by atoms with E-state index < -0.39 is 30.1 Å². The van der Waals surface area contributed by atoms with Crippen LogP contribution in [-0.2, 0) is 9.72 Å². The molecule has 2 N–H and O–H groups in total. The molecular formula is C16H16F3O3P. The van der Waals surface area contributed by atoms with Crippen LogP contribution in [0, 0.1) is 13.8 Å². The summed E-state index contributed by atoms with van der Waals surface area (Å²) >= 11 is 0. The summed E-state index contributed by atoms with van der Waals surface area (Å²) in [7, 11) is -5.65. The molecule has 3 nitrogen and oxygen atoms in total. The zero-order chi connectivity index (χ0) is 17.5. The molecule has 0 saturated carbocycles. The average molecular weight is 344 g/mol. The molecule has 124 valence electrons. The molecule has 0 bridgehead atoms. The van der Waals surface area contributed by atoms with Crippen molar-refractivity contribution in [1.29, 1.82) is 0 Å². The van der Waals surface area contributed by atoms with Gasteiger partial charge in [0, 0.05) is 0 Å². The first kappa shape index (κ1) is 17.7. The van der Waals surface area contributed by atoms with Crippen molar-refractivity contribution in [3.63, 3.8) is 0 Å². The molecule has 0 fully saturated rings. The van der Waals surface area contributed by atoms with E-state index in [-0.39, 0.29) is 11.1 Å². The number of aryl methyl sites for hydroxylation is 2. The van der Waals surface area contributed by atoms with E-state index in [1.807, 2.05) is 0 Å². The van der Waals surface area contributed by atoms with Crippen LogP contribution in [0.2, 0.25) is 0 Å². The number of hydrogen-bond donors (Lipinski definition) is 2. The number of benzene rings is 2. The Balaban J connectivity index is 3.04. The van der Waals surface area contributed by atoms with Crippen LogP contribution >= 0.6 is 7.60 Å². The minimum absolute atomic E-state index is 0.163. The first-order valence-electron chi connectivity index (χ1n) is 6.78. The Kier molecular flexibility index (Phi) is 4.46. The number of halogens is 3. The summed E-state index contributed by atoms with van der Waals surface area (Å²) in [5.41, 5.74) is -0.543. The highest BCUT2D eigenvalue weighted by atomic mass is 31.2. The van der Waals surface area contributed by atoms with E-state index in [9.17, 15) is 27.5 Å². The Hall–Kier alpha value is -1.62. The lowest BCUT2D eigenvalue weighted by atomic mass is 9.84. The first-order valence-corrected chi connectivity index (χ1v) is 8.39. The highest BCUT2D eigenvalue weighted by Crippen LogP contribution is 2.68. The predicted octanol–water partition coefficient (Wildman–Crippen LogP) is 4.29. The lowest BCUT2D eigenvalue weighted by Gasteiger charge is -2.38. The van der Waals surface area contributed by atoms with Gasteiger partial charge in [-0.1, -0.05) is 48.5 Å². The molecule has 7 heteroatoms. The molecule has 0 unspecified atom stereocenters. The molecule has 23 heavy (non-hydrogen) atoms. The first-order chi connectivity index (χ1) is 10.5. The Morgan fingerprint density at radius 2 is 1.17 bits per heavy atom. The zero-order valence-corrected chi connectivity index (χ0v) is 13.4. The fourth-order valence-electron chi connectivity index (χ4n) is 2.89. The second kappa shape index (κ2) is 5.78. The van der Waals surface area contributed by atoms with Crippen LogP contribution in [0.15, 0.2) is 48.5 Å². The third-order valence-corrected chi connectivity index (χ3v) is 5.53. The highest BCUT2D eigenvalue weighted by molar-refractivity contribution is 7.53. The van der Waals surface area contributed by atoms with Crippen molar-refractivity contribution in [2.75, 3.05) is 0 Å². The lowest BCUT2D eigenvalue weighted by Crippen LogP contribution is -2.44. The van der Waals surface area contributed by atoms with Crippen LogP contribution in [0.4, 0.5) is 13.2 Å². The van der Waals surface area contributed by atoms with Gasteiger partial charge in [0.15, 0.2) is 0 Å². The zero-order valence-electron chi connectivity index (χ0n) is 12.5. The fraction of sp³-hybridized carbons (Fsp3) is 0.250. The maximum atomic E-state index is 14.1. The summed E-state index contributed by atoms with van der Waals surface area (Å²) in [6.07, 6.45) is -5.18. The molecule has 0 radical (unpaired) electrons. The molecule has 2 aromatic rings. The largest absolute Gasteiger partial charge is 0.413 e. The summed E-state index contributed by atoms with van der Waals surface area (Å²) < 4.78 is 54.5. The van der Waals surface area contributed by atoms with Crippen molar-refractivity contribution in [1.82, 2.24) is 0 Å². The highest BCUT2D eigenvalue weighted by Gasteiger charge is 2.68. The van der Waals surface area contributed by atoms with E-state index in [4.69, 9.17) is 0 Å². The molecule has 0 atom stereocenters. The van der Waals surface area contributed by atoms with Gasteiger partial charge in [-0.05, 0) is 36.1 Å². The molecule has 0 spiro atoms. The van der Waals surface area contributed by atoms with Crippen molar-refractivity contribution < 1.29 is 27.5 Å². The summed E-state index contributed by atoms with van der Waals surface area (Å²) in [4.78, 5) is 19.6. The molecule has 0 aliphatic carbocycles. The van der Waals surface area contributed by atoms with Crippen molar-refractivity contribution >= 4 is 7.60 Å². The van der Waals surface area contributed by atoms with Gasteiger partial charge in [-0.15, -0.1) is 0 Å². The molecule has 2 rings (SSSR count). The third-order valence-electron chi connectivity index (χ3n) is 3.92. The minimum Gasteiger partial charge on any atom is -0.323 e. The van der Waals surface area contributed by atoms with Crippen LogP contribution in [0.5, 0.6) is 0 Å². The van der Waals surface area contributed by atoms with Crippen LogP contribution in [-0.4, -0.2) is 16.0 Å². The number of rotatable bonds is 3. The lowest BCUT2D eigenvalue weighted by molar-refractivity contribution is -0.159. The number of hydrogen-bond acceptors (Lipinski definition) is 1. The summed E-state index contributed by atoms with van der Waals surface area (Å²) in [5.74, 6) is 0. The van der Waals surface area contributed by atoms with Gasteiger partial charge < -0.3 is 9.79 Å². The summed E-state index contributed by atoms with van der Waals surface area (Å²) in [6.45, 7) is 2.81. The van der Waals surface area contributed by atoms with E-state index in [0.717, 1.165) is 12.1 Å². The monoisotopic (exact) mass is 344 g/mol. The van der Waals surface area contributed by atoms with E-state index in [1.165, 1.54) is 50.2 Å². The van der Waals surface area contributed by atoms with E-state index in [2.05, 4.69) is 0 Å². The van der Waals surface area contributed by atoms with Gasteiger partial charge in [-0.25, -0.2) is 0 Å². The van der Waals surface area contributed by atoms with E-state index >= 15 is 0 Å². The van der Waals surface area contributed by atoms with Crippen molar-refractivity contribution in [2.24, 2.45) is 0 Å². The van der Waals surface area contributed by atoms with Crippen LogP contribution in [0.1, 0.15) is 22.3 Å². The maximum Gasteiger partial charge on any atom is 0.413 e. The van der Waals surface area contributed by atoms with Crippen LogP contribution in [0.25, 0.3) is 0 Å². The molecule has 0 amide bonds. The maximum absolute atomic E-state index is 14.1.